The monoisotopic (exact) mass is 406 g/mol. The molecule has 144 valence electrons. The van der Waals surface area contributed by atoms with Gasteiger partial charge in [-0.2, -0.15) is 13.2 Å². The molecule has 3 atom stereocenters. The molecule has 28 heavy (non-hydrogen) atoms. The van der Waals surface area contributed by atoms with Gasteiger partial charge in [0, 0.05) is 15.9 Å². The van der Waals surface area contributed by atoms with Crippen molar-refractivity contribution in [3.05, 3.63) is 81.4 Å². The van der Waals surface area contributed by atoms with Gasteiger partial charge in [-0.3, -0.25) is 10.1 Å². The van der Waals surface area contributed by atoms with Crippen molar-refractivity contribution in [1.29, 1.82) is 0 Å². The second-order valence-corrected chi connectivity index (χ2v) is 7.58. The van der Waals surface area contributed by atoms with Gasteiger partial charge in [-0.15, -0.1) is 0 Å². The number of nitro groups is 1. The topological polar surface area (TPSA) is 76.3 Å². The van der Waals surface area contributed by atoms with Crippen molar-refractivity contribution in [3.63, 3.8) is 0 Å². The lowest BCUT2D eigenvalue weighted by molar-refractivity contribution is -0.536. The van der Waals surface area contributed by atoms with Crippen LogP contribution in [0.25, 0.3) is 10.9 Å². The third-order valence-electron chi connectivity index (χ3n) is 4.72. The van der Waals surface area contributed by atoms with E-state index >= 15 is 0 Å². The molecule has 5 nitrogen and oxygen atoms in total. The van der Waals surface area contributed by atoms with E-state index in [1.54, 1.807) is 30.3 Å². The highest BCUT2D eigenvalue weighted by molar-refractivity contribution is 7.99. The van der Waals surface area contributed by atoms with E-state index in [2.05, 4.69) is 4.98 Å². The Hall–Kier alpha value is -2.65. The quantitative estimate of drug-likeness (QED) is 0.490. The number of thioether (sulfide) groups is 1. The van der Waals surface area contributed by atoms with Crippen LogP contribution in [0.5, 0.6) is 0 Å². The Bertz CT molecular complexity index is 1060. The first kappa shape index (κ1) is 18.7. The van der Waals surface area contributed by atoms with Gasteiger partial charge < -0.3 is 5.11 Å². The second-order valence-electron chi connectivity index (χ2n) is 6.45. The number of hydrogen-bond donors (Lipinski definition) is 1. The van der Waals surface area contributed by atoms with Crippen molar-refractivity contribution in [3.8, 4) is 0 Å². The van der Waals surface area contributed by atoms with Crippen molar-refractivity contribution < 1.29 is 23.2 Å². The van der Waals surface area contributed by atoms with Crippen LogP contribution in [-0.4, -0.2) is 21.1 Å². The summed E-state index contributed by atoms with van der Waals surface area (Å²) in [6.07, 6.45) is -5.91. The summed E-state index contributed by atoms with van der Waals surface area (Å²) < 4.78 is 38.4. The van der Waals surface area contributed by atoms with E-state index in [0.717, 1.165) is 29.3 Å². The molecule has 1 aliphatic rings. The first-order chi connectivity index (χ1) is 13.3. The number of aliphatic hydroxyl groups is 1. The Morgan fingerprint density at radius 3 is 2.43 bits per heavy atom. The van der Waals surface area contributed by atoms with Gasteiger partial charge in [0.2, 0.25) is 0 Å². The molecule has 4 rings (SSSR count). The molecule has 2 heterocycles. The molecule has 1 N–H and O–H groups in total. The number of halogens is 3. The first-order valence-corrected chi connectivity index (χ1v) is 9.19. The maximum atomic E-state index is 12.8. The Morgan fingerprint density at radius 2 is 1.79 bits per heavy atom. The van der Waals surface area contributed by atoms with Crippen LogP contribution < -0.4 is 0 Å². The molecule has 0 amide bonds. The summed E-state index contributed by atoms with van der Waals surface area (Å²) >= 11 is 1.08. The summed E-state index contributed by atoms with van der Waals surface area (Å²) in [6.45, 7) is 0. The minimum atomic E-state index is -4.49. The lowest BCUT2D eigenvalue weighted by atomic mass is 9.95. The molecule has 0 radical (unpaired) electrons. The normalized spacial score (nSPS) is 22.1. The van der Waals surface area contributed by atoms with Gasteiger partial charge in [0.15, 0.2) is 6.10 Å². The Labute approximate surface area is 161 Å². The number of benzene rings is 2. The molecular weight excluding hydrogens is 393 g/mol. The van der Waals surface area contributed by atoms with E-state index in [-0.39, 0.29) is 0 Å². The van der Waals surface area contributed by atoms with Crippen LogP contribution in [0.2, 0.25) is 0 Å². The number of aromatic nitrogens is 1. The number of nitrogens with zero attached hydrogens (tertiary/aromatic N) is 2. The van der Waals surface area contributed by atoms with Crippen LogP contribution >= 0.6 is 11.8 Å². The molecular formula is C19H13F3N2O3S. The van der Waals surface area contributed by atoms with E-state index in [0.29, 0.717) is 21.7 Å². The number of hydrogen-bond acceptors (Lipinski definition) is 5. The fourth-order valence-corrected chi connectivity index (χ4v) is 4.70. The Balaban J connectivity index is 1.79. The van der Waals surface area contributed by atoms with Gasteiger partial charge in [0.25, 0.3) is 6.04 Å². The minimum Gasteiger partial charge on any atom is -0.381 e. The molecule has 0 saturated heterocycles. The highest BCUT2D eigenvalue weighted by Crippen LogP contribution is 2.50. The van der Waals surface area contributed by atoms with Crippen molar-refractivity contribution in [2.45, 2.75) is 28.6 Å². The highest BCUT2D eigenvalue weighted by atomic mass is 32.2. The molecule has 0 aliphatic carbocycles. The number of alkyl halides is 3. The smallest absolute Gasteiger partial charge is 0.381 e. The maximum absolute atomic E-state index is 12.8. The van der Waals surface area contributed by atoms with E-state index in [1.165, 1.54) is 12.1 Å². The molecule has 3 aromatic rings. The number of fused-ring (bicyclic) bond motifs is 2. The summed E-state index contributed by atoms with van der Waals surface area (Å²) in [4.78, 5) is 15.6. The van der Waals surface area contributed by atoms with Crippen LogP contribution in [0.15, 0.2) is 59.6 Å². The number of rotatable bonds is 2. The lowest BCUT2D eigenvalue weighted by Crippen LogP contribution is -2.35. The van der Waals surface area contributed by atoms with Crippen LogP contribution in [0.1, 0.15) is 28.0 Å². The van der Waals surface area contributed by atoms with Crippen LogP contribution in [0.3, 0.4) is 0 Å². The molecule has 1 aliphatic heterocycles. The van der Waals surface area contributed by atoms with Gasteiger partial charge in [0.05, 0.1) is 11.1 Å². The maximum Gasteiger partial charge on any atom is 0.416 e. The zero-order valence-electron chi connectivity index (χ0n) is 14.1. The number of aliphatic hydroxyl groups excluding tert-OH is 1. The zero-order chi connectivity index (χ0) is 20.1. The van der Waals surface area contributed by atoms with E-state index in [4.69, 9.17) is 0 Å². The number of pyridine rings is 1. The lowest BCUT2D eigenvalue weighted by Gasteiger charge is -2.30. The summed E-state index contributed by atoms with van der Waals surface area (Å²) in [6, 6.07) is 11.7. The second kappa shape index (κ2) is 6.75. The summed E-state index contributed by atoms with van der Waals surface area (Å²) in [5.41, 5.74) is 0.527. The molecule has 9 heteroatoms. The van der Waals surface area contributed by atoms with E-state index in [1.807, 2.05) is 0 Å². The predicted molar refractivity (Wildman–Crippen MR) is 97.5 cm³/mol. The van der Waals surface area contributed by atoms with Gasteiger partial charge in [-0.25, -0.2) is 4.98 Å². The fraction of sp³-hybridized carbons (Fsp3) is 0.211. The van der Waals surface area contributed by atoms with Crippen LogP contribution in [-0.2, 0) is 6.18 Å². The van der Waals surface area contributed by atoms with Crippen LogP contribution in [0.4, 0.5) is 13.2 Å². The molecule has 0 fully saturated rings. The SMILES string of the molecule is O=[N+]([O-])[C@@H]1[C@@H](c2ccc(C(F)(F)F)cc2)Sc2nc3ccccc3cc2[C@@H]1O. The molecule has 2 aromatic carbocycles. The first-order valence-electron chi connectivity index (χ1n) is 8.31. The van der Waals surface area contributed by atoms with Crippen LogP contribution in [0, 0.1) is 10.1 Å². The van der Waals surface area contributed by atoms with Gasteiger partial charge >= 0.3 is 6.18 Å². The molecule has 0 saturated carbocycles. The van der Waals surface area contributed by atoms with Crippen molar-refractivity contribution >= 4 is 22.7 Å². The molecule has 0 unspecified atom stereocenters. The summed E-state index contributed by atoms with van der Waals surface area (Å²) in [5, 5.41) is 22.7. The number of para-hydroxylation sites is 1. The third-order valence-corrected chi connectivity index (χ3v) is 6.07. The standard InChI is InChI=1S/C19H13F3N2O3S/c20-19(21,22)12-7-5-10(6-8-12)17-15(24(26)27)16(25)13-9-11-3-1-2-4-14(11)23-18(13)28-17/h1-9,15-17,25H/t15-,16-,17+/m0/s1. The average molecular weight is 406 g/mol. The van der Waals surface area contributed by atoms with Crippen molar-refractivity contribution in [2.75, 3.05) is 0 Å². The Morgan fingerprint density at radius 1 is 1.11 bits per heavy atom. The van der Waals surface area contributed by atoms with Gasteiger partial charge in [-0.05, 0) is 29.8 Å². The fourth-order valence-electron chi connectivity index (χ4n) is 3.31. The van der Waals surface area contributed by atoms with Crippen molar-refractivity contribution in [2.24, 2.45) is 0 Å². The largest absolute Gasteiger partial charge is 0.416 e. The summed E-state index contributed by atoms with van der Waals surface area (Å²) in [5.74, 6) is 0. The molecule has 0 bridgehead atoms. The van der Waals surface area contributed by atoms with Gasteiger partial charge in [0.1, 0.15) is 10.3 Å². The molecule has 1 aromatic heterocycles. The minimum absolute atomic E-state index is 0.333. The van der Waals surface area contributed by atoms with Crippen molar-refractivity contribution in [1.82, 2.24) is 4.98 Å². The van der Waals surface area contributed by atoms with E-state index in [9.17, 15) is 28.4 Å². The molecule has 0 spiro atoms. The predicted octanol–water partition coefficient (Wildman–Crippen LogP) is 4.78. The third kappa shape index (κ3) is 3.20. The Kier molecular flexibility index (Phi) is 4.51. The highest BCUT2D eigenvalue weighted by Gasteiger charge is 2.46. The average Bonchev–Trinajstić information content (AvgIpc) is 2.65. The zero-order valence-corrected chi connectivity index (χ0v) is 14.9. The van der Waals surface area contributed by atoms with Gasteiger partial charge in [-0.1, -0.05) is 42.1 Å². The summed E-state index contributed by atoms with van der Waals surface area (Å²) in [7, 11) is 0. The van der Waals surface area contributed by atoms with E-state index < -0.39 is 34.1 Å².